The number of carbonyl (C=O) groups excluding carboxylic acids is 2. The van der Waals surface area contributed by atoms with E-state index >= 15 is 0 Å². The van der Waals surface area contributed by atoms with Crippen molar-refractivity contribution in [1.82, 2.24) is 9.80 Å². The normalized spacial score (nSPS) is 18.6. The first-order chi connectivity index (χ1) is 11.7. The Morgan fingerprint density at radius 1 is 1.16 bits per heavy atom. The van der Waals surface area contributed by atoms with Gasteiger partial charge in [-0.25, -0.2) is 4.79 Å². The van der Waals surface area contributed by atoms with Gasteiger partial charge in [0.2, 0.25) is 5.91 Å². The second-order valence-corrected chi connectivity index (χ2v) is 8.04. The number of hydrogen-bond donors (Lipinski definition) is 0. The van der Waals surface area contributed by atoms with Gasteiger partial charge in [-0.15, -0.1) is 0 Å². The topological polar surface area (TPSA) is 43.9 Å². The number of likely N-dealkylation sites (tertiary alicyclic amines) is 1. The first-order valence-corrected chi connectivity index (χ1v) is 9.14. The lowest BCUT2D eigenvalue weighted by atomic mass is 9.74. The number of fused-ring (bicyclic) bond motifs is 2. The van der Waals surface area contributed by atoms with E-state index in [2.05, 4.69) is 25.1 Å². The van der Waals surface area contributed by atoms with Crippen LogP contribution in [0.5, 0.6) is 0 Å². The van der Waals surface area contributed by atoms with Crippen LogP contribution in [0.1, 0.15) is 37.8 Å². The highest BCUT2D eigenvalue weighted by molar-refractivity contribution is 5.97. The van der Waals surface area contributed by atoms with Crippen molar-refractivity contribution in [2.24, 2.45) is 5.92 Å². The molecule has 3 rings (SSSR count). The summed E-state index contributed by atoms with van der Waals surface area (Å²) in [6.45, 7) is 8.25. The minimum absolute atomic E-state index is 0.0142. The lowest BCUT2D eigenvalue weighted by Gasteiger charge is -2.40. The molecule has 1 aromatic rings. The average Bonchev–Trinajstić information content (AvgIpc) is 2.88. The van der Waals surface area contributed by atoms with Crippen LogP contribution in [0.15, 0.2) is 18.2 Å². The van der Waals surface area contributed by atoms with Gasteiger partial charge in [0.1, 0.15) is 0 Å². The first kappa shape index (κ1) is 17.8. The van der Waals surface area contributed by atoms with Crippen molar-refractivity contribution in [3.63, 3.8) is 0 Å². The highest BCUT2D eigenvalue weighted by Crippen LogP contribution is 2.47. The molecule has 0 unspecified atom stereocenters. The van der Waals surface area contributed by atoms with E-state index in [1.54, 1.807) is 19.0 Å². The van der Waals surface area contributed by atoms with Crippen LogP contribution in [0.3, 0.4) is 0 Å². The molecule has 1 fully saturated rings. The molecular formula is C20H29N3O2. The molecule has 0 saturated carbocycles. The smallest absolute Gasteiger partial charge is 0.319 e. The maximum Gasteiger partial charge on any atom is 0.319 e. The summed E-state index contributed by atoms with van der Waals surface area (Å²) in [5.74, 6) is 0.175. The number of benzene rings is 1. The Morgan fingerprint density at radius 3 is 2.36 bits per heavy atom. The van der Waals surface area contributed by atoms with Crippen molar-refractivity contribution in [2.45, 2.75) is 39.0 Å². The number of urea groups is 1. The zero-order valence-electron chi connectivity index (χ0n) is 16.0. The molecule has 0 bridgehead atoms. The van der Waals surface area contributed by atoms with Gasteiger partial charge in [-0.2, -0.15) is 0 Å². The van der Waals surface area contributed by atoms with Crippen LogP contribution >= 0.6 is 0 Å². The lowest BCUT2D eigenvalue weighted by molar-refractivity contribution is -0.121. The van der Waals surface area contributed by atoms with Crippen molar-refractivity contribution < 1.29 is 9.59 Å². The van der Waals surface area contributed by atoms with E-state index < -0.39 is 0 Å². The van der Waals surface area contributed by atoms with Crippen molar-refractivity contribution in [1.29, 1.82) is 0 Å². The molecule has 2 aliphatic heterocycles. The van der Waals surface area contributed by atoms with Crippen LogP contribution in [0.4, 0.5) is 10.5 Å². The van der Waals surface area contributed by atoms with E-state index in [9.17, 15) is 9.59 Å². The van der Waals surface area contributed by atoms with Gasteiger partial charge in [0, 0.05) is 50.7 Å². The van der Waals surface area contributed by atoms with Gasteiger partial charge in [0.25, 0.3) is 0 Å². The van der Waals surface area contributed by atoms with Gasteiger partial charge in [0.15, 0.2) is 0 Å². The number of hydrogen-bond acceptors (Lipinski definition) is 2. The van der Waals surface area contributed by atoms with Crippen LogP contribution in [0.2, 0.25) is 0 Å². The summed E-state index contributed by atoms with van der Waals surface area (Å²) in [5, 5.41) is 0. The summed E-state index contributed by atoms with van der Waals surface area (Å²) >= 11 is 0. The number of piperidine rings is 1. The third-order valence-electron chi connectivity index (χ3n) is 5.61. The molecule has 0 radical (unpaired) electrons. The lowest BCUT2D eigenvalue weighted by Crippen LogP contribution is -2.50. The summed E-state index contributed by atoms with van der Waals surface area (Å²) in [4.78, 5) is 30.5. The van der Waals surface area contributed by atoms with Crippen LogP contribution in [0.25, 0.3) is 0 Å². The molecule has 0 atom stereocenters. The van der Waals surface area contributed by atoms with E-state index in [4.69, 9.17) is 0 Å². The molecule has 5 heteroatoms. The fraction of sp³-hybridized carbons (Fsp3) is 0.600. The first-order valence-electron chi connectivity index (χ1n) is 9.14. The summed E-state index contributed by atoms with van der Waals surface area (Å²) < 4.78 is 0. The van der Waals surface area contributed by atoms with Gasteiger partial charge in [-0.3, -0.25) is 4.79 Å². The molecule has 0 N–H and O–H groups in total. The summed E-state index contributed by atoms with van der Waals surface area (Å²) in [6.07, 6.45) is 1.82. The molecule has 1 aromatic carbocycles. The minimum atomic E-state index is -0.0189. The molecule has 2 heterocycles. The average molecular weight is 343 g/mol. The fourth-order valence-corrected chi connectivity index (χ4v) is 4.13. The van der Waals surface area contributed by atoms with Crippen molar-refractivity contribution in [3.05, 3.63) is 29.3 Å². The summed E-state index contributed by atoms with van der Waals surface area (Å²) in [7, 11) is 3.59. The van der Waals surface area contributed by atoms with E-state index in [1.165, 1.54) is 11.1 Å². The highest BCUT2D eigenvalue weighted by Gasteiger charge is 2.47. The SMILES string of the molecule is Cc1ccc2c(c1)C1(CCN(C(=O)N(C)C)CC1)CN2C(=O)C(C)C. The van der Waals surface area contributed by atoms with E-state index in [-0.39, 0.29) is 23.3 Å². The molecule has 1 saturated heterocycles. The monoisotopic (exact) mass is 343 g/mol. The summed E-state index contributed by atoms with van der Waals surface area (Å²) in [5.41, 5.74) is 3.56. The molecule has 25 heavy (non-hydrogen) atoms. The Hall–Kier alpha value is -2.04. The van der Waals surface area contributed by atoms with Crippen molar-refractivity contribution in [3.8, 4) is 0 Å². The largest absolute Gasteiger partial charge is 0.331 e. The molecule has 0 aromatic heterocycles. The van der Waals surface area contributed by atoms with E-state index in [0.717, 1.165) is 38.2 Å². The second kappa shape index (κ2) is 6.36. The quantitative estimate of drug-likeness (QED) is 0.787. The molecular weight excluding hydrogens is 314 g/mol. The Morgan fingerprint density at radius 2 is 1.80 bits per heavy atom. The van der Waals surface area contributed by atoms with Gasteiger partial charge in [-0.05, 0) is 31.4 Å². The number of carbonyl (C=O) groups is 2. The van der Waals surface area contributed by atoms with Gasteiger partial charge < -0.3 is 14.7 Å². The molecule has 2 aliphatic rings. The number of nitrogens with zero attached hydrogens (tertiary/aromatic N) is 3. The molecule has 3 amide bonds. The van der Waals surface area contributed by atoms with Crippen LogP contribution in [-0.2, 0) is 10.2 Å². The fourth-order valence-electron chi connectivity index (χ4n) is 4.13. The summed E-state index contributed by atoms with van der Waals surface area (Å²) in [6, 6.07) is 6.50. The molecule has 5 nitrogen and oxygen atoms in total. The van der Waals surface area contributed by atoms with Crippen LogP contribution in [-0.4, -0.2) is 55.5 Å². The zero-order valence-corrected chi connectivity index (χ0v) is 16.0. The molecule has 136 valence electrons. The van der Waals surface area contributed by atoms with Crippen LogP contribution < -0.4 is 4.90 Å². The number of aryl methyl sites for hydroxylation is 1. The van der Waals surface area contributed by atoms with Crippen molar-refractivity contribution >= 4 is 17.6 Å². The Labute approximate surface area is 150 Å². The third kappa shape index (κ3) is 3.00. The molecule has 0 aliphatic carbocycles. The van der Waals surface area contributed by atoms with E-state index in [1.807, 2.05) is 23.6 Å². The maximum atomic E-state index is 12.7. The number of anilines is 1. The third-order valence-corrected chi connectivity index (χ3v) is 5.61. The van der Waals surface area contributed by atoms with Gasteiger partial charge in [-0.1, -0.05) is 31.5 Å². The predicted molar refractivity (Wildman–Crippen MR) is 99.9 cm³/mol. The Bertz CT molecular complexity index is 688. The molecule has 1 spiro atoms. The minimum Gasteiger partial charge on any atom is -0.331 e. The second-order valence-electron chi connectivity index (χ2n) is 8.04. The Balaban J connectivity index is 1.90. The number of amides is 3. The Kier molecular flexibility index (Phi) is 4.52. The highest BCUT2D eigenvalue weighted by atomic mass is 16.2. The predicted octanol–water partition coefficient (Wildman–Crippen LogP) is 3.01. The number of rotatable bonds is 1. The van der Waals surface area contributed by atoms with Crippen molar-refractivity contribution in [2.75, 3.05) is 38.6 Å². The van der Waals surface area contributed by atoms with E-state index in [0.29, 0.717) is 0 Å². The zero-order chi connectivity index (χ0) is 18.4. The van der Waals surface area contributed by atoms with Crippen LogP contribution in [0, 0.1) is 12.8 Å². The standard InChI is InChI=1S/C20H29N3O2/c1-14(2)18(24)23-13-20(16-12-15(3)6-7-17(16)23)8-10-22(11-9-20)19(25)21(4)5/h6-7,12,14H,8-11,13H2,1-5H3. The maximum absolute atomic E-state index is 12.7. The van der Waals surface area contributed by atoms with Gasteiger partial charge in [0.05, 0.1) is 0 Å². The van der Waals surface area contributed by atoms with Gasteiger partial charge >= 0.3 is 6.03 Å².